The van der Waals surface area contributed by atoms with Crippen LogP contribution in [0.4, 0.5) is 4.79 Å². The highest BCUT2D eigenvalue weighted by atomic mass is 16.5. The molecule has 164 valence electrons. The summed E-state index contributed by atoms with van der Waals surface area (Å²) in [6.07, 6.45) is 1.17. The summed E-state index contributed by atoms with van der Waals surface area (Å²) in [5.41, 5.74) is 0.559. The topological polar surface area (TPSA) is 79.0 Å². The van der Waals surface area contributed by atoms with Gasteiger partial charge in [-0.3, -0.25) is 14.5 Å². The molecule has 0 unspecified atom stereocenters. The number of methoxy groups -OCH3 is 1. The molecule has 4 amide bonds. The molecule has 2 aromatic rings. The fraction of sp³-hybridized carbons (Fsp3) is 0.375. The van der Waals surface area contributed by atoms with E-state index in [2.05, 4.69) is 5.32 Å². The molecular formula is C24H29N3O4. The van der Waals surface area contributed by atoms with Crippen molar-refractivity contribution >= 4 is 17.8 Å². The molecule has 0 aromatic heterocycles. The van der Waals surface area contributed by atoms with Gasteiger partial charge in [0, 0.05) is 20.2 Å². The molecule has 1 aliphatic rings. The Kier molecular flexibility index (Phi) is 7.41. The third-order valence-electron chi connectivity index (χ3n) is 5.49. The van der Waals surface area contributed by atoms with Gasteiger partial charge >= 0.3 is 6.03 Å². The Balaban J connectivity index is 1.80. The lowest BCUT2D eigenvalue weighted by Gasteiger charge is -2.27. The Morgan fingerprint density at radius 2 is 1.71 bits per heavy atom. The minimum Gasteiger partial charge on any atom is -0.383 e. The highest BCUT2D eigenvalue weighted by Crippen LogP contribution is 2.33. The normalized spacial score (nSPS) is 18.2. The molecule has 2 aromatic carbocycles. The predicted molar refractivity (Wildman–Crippen MR) is 117 cm³/mol. The zero-order valence-electron chi connectivity index (χ0n) is 18.0. The van der Waals surface area contributed by atoms with Crippen LogP contribution in [0.1, 0.15) is 30.9 Å². The van der Waals surface area contributed by atoms with Gasteiger partial charge in [-0.15, -0.1) is 0 Å². The first kappa shape index (κ1) is 22.5. The maximum atomic E-state index is 13.4. The Morgan fingerprint density at radius 1 is 1.06 bits per heavy atom. The third-order valence-corrected chi connectivity index (χ3v) is 5.49. The smallest absolute Gasteiger partial charge is 0.325 e. The van der Waals surface area contributed by atoms with Crippen molar-refractivity contribution < 1.29 is 19.1 Å². The lowest BCUT2D eigenvalue weighted by molar-refractivity contribution is -0.140. The van der Waals surface area contributed by atoms with E-state index in [-0.39, 0.29) is 18.4 Å². The molecule has 1 fully saturated rings. The second-order valence-corrected chi connectivity index (χ2v) is 7.64. The summed E-state index contributed by atoms with van der Waals surface area (Å²) in [5, 5.41) is 2.86. The predicted octanol–water partition coefficient (Wildman–Crippen LogP) is 2.91. The van der Waals surface area contributed by atoms with Gasteiger partial charge in [-0.1, -0.05) is 74.0 Å². The molecule has 7 heteroatoms. The molecule has 0 spiro atoms. The molecule has 0 aliphatic carbocycles. The average molecular weight is 424 g/mol. The quantitative estimate of drug-likeness (QED) is 0.596. The fourth-order valence-electron chi connectivity index (χ4n) is 3.91. The minimum absolute atomic E-state index is 0.301. The van der Waals surface area contributed by atoms with Crippen molar-refractivity contribution in [2.75, 3.05) is 26.8 Å². The van der Waals surface area contributed by atoms with Crippen LogP contribution in [0.15, 0.2) is 60.7 Å². The van der Waals surface area contributed by atoms with E-state index in [0.29, 0.717) is 32.5 Å². The number of rotatable bonds is 10. The summed E-state index contributed by atoms with van der Waals surface area (Å²) in [6, 6.07) is 18.3. The van der Waals surface area contributed by atoms with Gasteiger partial charge in [0.05, 0.1) is 6.61 Å². The van der Waals surface area contributed by atoms with E-state index in [1.54, 1.807) is 12.0 Å². The van der Waals surface area contributed by atoms with Crippen LogP contribution < -0.4 is 5.32 Å². The third kappa shape index (κ3) is 4.94. The van der Waals surface area contributed by atoms with Crippen LogP contribution in [0.5, 0.6) is 0 Å². The average Bonchev–Trinajstić information content (AvgIpc) is 3.03. The van der Waals surface area contributed by atoms with Crippen LogP contribution in [0.2, 0.25) is 0 Å². The Morgan fingerprint density at radius 3 is 2.32 bits per heavy atom. The first-order valence-corrected chi connectivity index (χ1v) is 10.5. The number of hydrogen-bond donors (Lipinski definition) is 1. The van der Waals surface area contributed by atoms with E-state index in [9.17, 15) is 14.4 Å². The van der Waals surface area contributed by atoms with Crippen molar-refractivity contribution in [2.45, 2.75) is 31.8 Å². The van der Waals surface area contributed by atoms with Crippen molar-refractivity contribution in [1.82, 2.24) is 15.1 Å². The van der Waals surface area contributed by atoms with Gasteiger partial charge in [0.1, 0.15) is 12.1 Å². The number of amides is 4. The van der Waals surface area contributed by atoms with E-state index in [4.69, 9.17) is 4.74 Å². The van der Waals surface area contributed by atoms with Crippen molar-refractivity contribution in [1.29, 1.82) is 0 Å². The lowest BCUT2D eigenvalue weighted by atomic mass is 9.85. The molecule has 1 N–H and O–H groups in total. The maximum Gasteiger partial charge on any atom is 0.325 e. The first-order chi connectivity index (χ1) is 15.0. The van der Waals surface area contributed by atoms with Crippen molar-refractivity contribution in [2.24, 2.45) is 0 Å². The Bertz CT molecular complexity index is 904. The summed E-state index contributed by atoms with van der Waals surface area (Å²) in [5.74, 6) is -0.685. The summed E-state index contributed by atoms with van der Waals surface area (Å²) in [4.78, 5) is 41.9. The molecule has 31 heavy (non-hydrogen) atoms. The summed E-state index contributed by atoms with van der Waals surface area (Å²) < 4.78 is 5.14. The number of hydrogen-bond acceptors (Lipinski definition) is 4. The maximum absolute atomic E-state index is 13.4. The van der Waals surface area contributed by atoms with Gasteiger partial charge < -0.3 is 15.0 Å². The molecule has 3 rings (SSSR count). The van der Waals surface area contributed by atoms with Crippen LogP contribution in [0, 0.1) is 0 Å². The molecule has 1 saturated heterocycles. The van der Waals surface area contributed by atoms with Crippen molar-refractivity contribution in [3.63, 3.8) is 0 Å². The SMILES string of the molecule is CCC[C@]1(c2ccccc2)NC(=O)N(CC(=O)N(CCOC)Cc2ccccc2)C1=O. The number of imide groups is 1. The minimum atomic E-state index is -1.13. The zero-order valence-corrected chi connectivity index (χ0v) is 18.0. The molecule has 7 nitrogen and oxygen atoms in total. The number of ether oxygens (including phenoxy) is 1. The monoisotopic (exact) mass is 423 g/mol. The number of urea groups is 1. The van der Waals surface area contributed by atoms with E-state index in [1.807, 2.05) is 67.6 Å². The van der Waals surface area contributed by atoms with Gasteiger partial charge in [-0.05, 0) is 17.5 Å². The molecule has 0 radical (unpaired) electrons. The second-order valence-electron chi connectivity index (χ2n) is 7.64. The standard InChI is InChI=1S/C24H29N3O4/c1-3-14-24(20-12-8-5-9-13-20)22(29)27(23(30)25-24)18-21(28)26(15-16-31-2)17-19-10-6-4-7-11-19/h4-13H,3,14-18H2,1-2H3,(H,25,30)/t24-/m1/s1. The van der Waals surface area contributed by atoms with Gasteiger partial charge in [0.15, 0.2) is 0 Å². The van der Waals surface area contributed by atoms with Crippen LogP contribution >= 0.6 is 0 Å². The van der Waals surface area contributed by atoms with Gasteiger partial charge in [-0.2, -0.15) is 0 Å². The van der Waals surface area contributed by atoms with Crippen LogP contribution in [0.25, 0.3) is 0 Å². The molecular weight excluding hydrogens is 394 g/mol. The number of nitrogens with one attached hydrogen (secondary N) is 1. The number of benzene rings is 2. The second kappa shape index (κ2) is 10.2. The lowest BCUT2D eigenvalue weighted by Crippen LogP contribution is -2.46. The zero-order chi connectivity index (χ0) is 22.3. The van der Waals surface area contributed by atoms with E-state index < -0.39 is 11.6 Å². The Hall–Kier alpha value is -3.19. The number of nitrogens with zero attached hydrogens (tertiary/aromatic N) is 2. The van der Waals surface area contributed by atoms with E-state index in [0.717, 1.165) is 16.0 Å². The number of carbonyl (C=O) groups excluding carboxylic acids is 3. The first-order valence-electron chi connectivity index (χ1n) is 10.5. The summed E-state index contributed by atoms with van der Waals surface area (Å²) in [7, 11) is 1.57. The van der Waals surface area contributed by atoms with Crippen LogP contribution in [-0.4, -0.2) is 54.5 Å². The molecule has 1 heterocycles. The largest absolute Gasteiger partial charge is 0.383 e. The van der Waals surface area contributed by atoms with Crippen LogP contribution in [0.3, 0.4) is 0 Å². The molecule has 0 bridgehead atoms. The summed E-state index contributed by atoms with van der Waals surface area (Å²) >= 11 is 0. The van der Waals surface area contributed by atoms with Crippen molar-refractivity contribution in [3.8, 4) is 0 Å². The molecule has 1 aliphatic heterocycles. The van der Waals surface area contributed by atoms with E-state index >= 15 is 0 Å². The van der Waals surface area contributed by atoms with Gasteiger partial charge in [-0.25, -0.2) is 4.79 Å². The Labute approximate surface area is 183 Å². The highest BCUT2D eigenvalue weighted by molar-refractivity contribution is 6.09. The molecule has 0 saturated carbocycles. The highest BCUT2D eigenvalue weighted by Gasteiger charge is 2.52. The fourth-order valence-corrected chi connectivity index (χ4v) is 3.91. The van der Waals surface area contributed by atoms with Gasteiger partial charge in [0.2, 0.25) is 5.91 Å². The van der Waals surface area contributed by atoms with E-state index in [1.165, 1.54) is 0 Å². The number of carbonyl (C=O) groups is 3. The van der Waals surface area contributed by atoms with Crippen molar-refractivity contribution in [3.05, 3.63) is 71.8 Å². The van der Waals surface area contributed by atoms with Gasteiger partial charge in [0.25, 0.3) is 5.91 Å². The summed E-state index contributed by atoms with van der Waals surface area (Å²) in [6.45, 7) is 2.77. The van der Waals surface area contributed by atoms with Crippen LogP contribution in [-0.2, 0) is 26.4 Å². The molecule has 1 atom stereocenters.